The summed E-state index contributed by atoms with van der Waals surface area (Å²) in [6.07, 6.45) is 0. The Kier molecular flexibility index (Phi) is 6.09. The molecule has 3 rings (SSSR count). The van der Waals surface area contributed by atoms with Gasteiger partial charge >= 0.3 is 7.60 Å². The third-order valence-electron chi connectivity index (χ3n) is 4.29. The highest BCUT2D eigenvalue weighted by Crippen LogP contribution is 2.58. The van der Waals surface area contributed by atoms with Crippen molar-refractivity contribution in [3.8, 4) is 0 Å². The lowest BCUT2D eigenvalue weighted by atomic mass is 10.1. The van der Waals surface area contributed by atoms with Crippen molar-refractivity contribution in [1.29, 1.82) is 0 Å². The van der Waals surface area contributed by atoms with Gasteiger partial charge in [-0.1, -0.05) is 48.5 Å². The van der Waals surface area contributed by atoms with Crippen molar-refractivity contribution in [2.75, 3.05) is 19.1 Å². The zero-order valence-corrected chi connectivity index (χ0v) is 16.1. The van der Waals surface area contributed by atoms with E-state index in [4.69, 9.17) is 9.05 Å². The second kappa shape index (κ2) is 8.51. The van der Waals surface area contributed by atoms with E-state index >= 15 is 0 Å². The van der Waals surface area contributed by atoms with E-state index in [0.717, 1.165) is 17.1 Å². The van der Waals surface area contributed by atoms with Gasteiger partial charge in [0.15, 0.2) is 5.85 Å². The van der Waals surface area contributed by atoms with Gasteiger partial charge in [-0.15, -0.1) is 0 Å². The van der Waals surface area contributed by atoms with Crippen molar-refractivity contribution in [3.05, 3.63) is 90.5 Å². The van der Waals surface area contributed by atoms with E-state index in [1.807, 2.05) is 72.8 Å². The van der Waals surface area contributed by atoms with Gasteiger partial charge in [-0.3, -0.25) is 4.57 Å². The Morgan fingerprint density at radius 1 is 0.741 bits per heavy atom. The quantitative estimate of drug-likeness (QED) is 0.536. The predicted octanol–water partition coefficient (Wildman–Crippen LogP) is 5.63. The van der Waals surface area contributed by atoms with Crippen LogP contribution in [0, 0.1) is 0 Å². The Morgan fingerprint density at radius 2 is 1.15 bits per heavy atom. The SMILES string of the molecule is COP(=O)(OC)C(O)c1ccc(N(c2ccccc2)c2ccccc2)cc1. The number of aliphatic hydroxyl groups is 1. The van der Waals surface area contributed by atoms with Crippen LogP contribution in [-0.4, -0.2) is 19.3 Å². The number of para-hydroxylation sites is 2. The Bertz CT molecular complexity index is 853. The molecule has 0 aliphatic heterocycles. The van der Waals surface area contributed by atoms with Gasteiger partial charge in [0.25, 0.3) is 0 Å². The van der Waals surface area contributed by atoms with E-state index in [0.29, 0.717) is 5.56 Å². The van der Waals surface area contributed by atoms with Gasteiger partial charge in [0.1, 0.15) is 0 Å². The van der Waals surface area contributed by atoms with E-state index in [-0.39, 0.29) is 0 Å². The number of aliphatic hydroxyl groups excluding tert-OH is 1. The lowest BCUT2D eigenvalue weighted by molar-refractivity contribution is 0.176. The average Bonchev–Trinajstić information content (AvgIpc) is 2.75. The Balaban J connectivity index is 1.99. The molecule has 0 saturated carbocycles. The molecule has 3 aromatic rings. The van der Waals surface area contributed by atoms with E-state index in [2.05, 4.69) is 4.90 Å². The van der Waals surface area contributed by atoms with Crippen LogP contribution in [0.2, 0.25) is 0 Å². The van der Waals surface area contributed by atoms with Crippen LogP contribution in [0.4, 0.5) is 17.1 Å². The summed E-state index contributed by atoms with van der Waals surface area (Å²) >= 11 is 0. The molecule has 0 aromatic heterocycles. The number of benzene rings is 3. The molecule has 1 atom stereocenters. The van der Waals surface area contributed by atoms with E-state index in [1.165, 1.54) is 14.2 Å². The lowest BCUT2D eigenvalue weighted by Crippen LogP contribution is -2.10. The summed E-state index contributed by atoms with van der Waals surface area (Å²) in [6, 6.07) is 27.2. The molecule has 0 aliphatic rings. The van der Waals surface area contributed by atoms with Crippen LogP contribution in [0.5, 0.6) is 0 Å². The summed E-state index contributed by atoms with van der Waals surface area (Å²) in [5, 5.41) is 10.4. The van der Waals surface area contributed by atoms with Gasteiger partial charge in [0.05, 0.1) is 0 Å². The molecule has 0 amide bonds. The maximum absolute atomic E-state index is 12.4. The summed E-state index contributed by atoms with van der Waals surface area (Å²) in [5.41, 5.74) is 3.40. The summed E-state index contributed by atoms with van der Waals surface area (Å²) < 4.78 is 22.2. The minimum absolute atomic E-state index is 0.465. The fourth-order valence-electron chi connectivity index (χ4n) is 2.85. The van der Waals surface area contributed by atoms with Gasteiger partial charge in [-0.2, -0.15) is 0 Å². The van der Waals surface area contributed by atoms with Crippen LogP contribution in [0.15, 0.2) is 84.9 Å². The van der Waals surface area contributed by atoms with Crippen molar-refractivity contribution < 1.29 is 18.7 Å². The highest BCUT2D eigenvalue weighted by molar-refractivity contribution is 7.53. The first-order valence-corrected chi connectivity index (χ1v) is 10.1. The average molecular weight is 383 g/mol. The normalized spacial score (nSPS) is 12.6. The zero-order chi connectivity index (χ0) is 19.3. The third kappa shape index (κ3) is 4.12. The van der Waals surface area contributed by atoms with Gasteiger partial charge in [-0.25, -0.2) is 0 Å². The first kappa shape index (κ1) is 19.3. The summed E-state index contributed by atoms with van der Waals surface area (Å²) in [6.45, 7) is 0. The van der Waals surface area contributed by atoms with Crippen molar-refractivity contribution >= 4 is 24.7 Å². The van der Waals surface area contributed by atoms with E-state index in [1.54, 1.807) is 12.1 Å². The van der Waals surface area contributed by atoms with Gasteiger partial charge in [0, 0.05) is 31.3 Å². The smallest absolute Gasteiger partial charge is 0.362 e. The molecule has 0 saturated heterocycles. The monoisotopic (exact) mass is 383 g/mol. The van der Waals surface area contributed by atoms with Crippen LogP contribution in [0.1, 0.15) is 11.4 Å². The molecular weight excluding hydrogens is 361 g/mol. The Labute approximate surface area is 159 Å². The van der Waals surface area contributed by atoms with E-state index in [9.17, 15) is 9.67 Å². The first-order valence-electron chi connectivity index (χ1n) is 8.48. The lowest BCUT2D eigenvalue weighted by Gasteiger charge is -2.26. The molecule has 5 nitrogen and oxygen atoms in total. The van der Waals surface area contributed by atoms with Crippen LogP contribution >= 0.6 is 7.60 Å². The summed E-state index contributed by atoms with van der Waals surface area (Å²) in [7, 11) is -1.09. The molecule has 6 heteroatoms. The molecular formula is C21H22NO4P. The van der Waals surface area contributed by atoms with Crippen molar-refractivity contribution in [2.24, 2.45) is 0 Å². The Morgan fingerprint density at radius 3 is 1.56 bits per heavy atom. The molecule has 0 heterocycles. The summed E-state index contributed by atoms with van der Waals surface area (Å²) in [4.78, 5) is 2.10. The maximum Gasteiger partial charge on any atom is 0.362 e. The number of hydrogen-bond donors (Lipinski definition) is 1. The minimum Gasteiger partial charge on any atom is -0.376 e. The largest absolute Gasteiger partial charge is 0.376 e. The number of rotatable bonds is 7. The predicted molar refractivity (Wildman–Crippen MR) is 108 cm³/mol. The molecule has 0 fully saturated rings. The van der Waals surface area contributed by atoms with Gasteiger partial charge in [0.2, 0.25) is 0 Å². The second-order valence-electron chi connectivity index (χ2n) is 5.88. The van der Waals surface area contributed by atoms with E-state index < -0.39 is 13.4 Å². The molecule has 1 unspecified atom stereocenters. The molecule has 27 heavy (non-hydrogen) atoms. The highest BCUT2D eigenvalue weighted by Gasteiger charge is 2.33. The Hall–Kier alpha value is -2.43. The number of anilines is 3. The molecule has 140 valence electrons. The third-order valence-corrected chi connectivity index (χ3v) is 6.20. The molecule has 0 radical (unpaired) electrons. The molecule has 3 aromatic carbocycles. The molecule has 0 bridgehead atoms. The second-order valence-corrected chi connectivity index (χ2v) is 8.18. The standard InChI is InChI=1S/C21H22NO4P/c1-25-27(24,26-2)21(23)17-13-15-20(16-14-17)22(18-9-5-3-6-10-18)19-11-7-4-8-12-19/h3-16,21,23H,1-2H3. The molecule has 0 aliphatic carbocycles. The number of hydrogen-bond acceptors (Lipinski definition) is 5. The van der Waals surface area contributed by atoms with Gasteiger partial charge in [-0.05, 0) is 42.0 Å². The zero-order valence-electron chi connectivity index (χ0n) is 15.2. The fourth-order valence-corrected chi connectivity index (χ4v) is 3.94. The maximum atomic E-state index is 12.4. The van der Waals surface area contributed by atoms with Crippen LogP contribution < -0.4 is 4.90 Å². The molecule has 0 spiro atoms. The van der Waals surface area contributed by atoms with Crippen molar-refractivity contribution in [2.45, 2.75) is 5.85 Å². The van der Waals surface area contributed by atoms with Crippen LogP contribution in [0.25, 0.3) is 0 Å². The topological polar surface area (TPSA) is 59.0 Å². The molecule has 1 N–H and O–H groups in total. The van der Waals surface area contributed by atoms with Gasteiger partial charge < -0.3 is 19.1 Å². The fraction of sp³-hybridized carbons (Fsp3) is 0.143. The summed E-state index contributed by atoms with van der Waals surface area (Å²) in [5.74, 6) is -1.34. The minimum atomic E-state index is -3.61. The van der Waals surface area contributed by atoms with Crippen LogP contribution in [0.3, 0.4) is 0 Å². The van der Waals surface area contributed by atoms with Crippen molar-refractivity contribution in [3.63, 3.8) is 0 Å². The number of nitrogens with zero attached hydrogens (tertiary/aromatic N) is 1. The highest BCUT2D eigenvalue weighted by atomic mass is 31.2. The first-order chi connectivity index (χ1) is 13.1. The van der Waals surface area contributed by atoms with Crippen molar-refractivity contribution in [1.82, 2.24) is 0 Å². The van der Waals surface area contributed by atoms with Crippen LogP contribution in [-0.2, 0) is 13.6 Å².